The summed E-state index contributed by atoms with van der Waals surface area (Å²) in [5, 5.41) is 0. The summed E-state index contributed by atoms with van der Waals surface area (Å²) in [6.07, 6.45) is 0. The van der Waals surface area contributed by atoms with E-state index in [0.29, 0.717) is 0 Å². The minimum atomic E-state index is 0.790. The molecule has 81 valence electrons. The minimum Gasteiger partial charge on any atom is -0.497 e. The van der Waals surface area contributed by atoms with Crippen LogP contribution in [0.25, 0.3) is 11.1 Å². The first-order valence-corrected chi connectivity index (χ1v) is 5.03. The summed E-state index contributed by atoms with van der Waals surface area (Å²) in [4.78, 5) is 0. The molecular weight excluding hydrogens is 200 g/mol. The number of benzene rings is 2. The zero-order valence-corrected chi connectivity index (χ0v) is 9.36. The SMILES string of the molecule is COc1cc(OC)cc(-c2c[c]ccc2)c1. The lowest BCUT2D eigenvalue weighted by molar-refractivity contribution is 0.394. The smallest absolute Gasteiger partial charge is 0.123 e. The number of rotatable bonds is 3. The Labute approximate surface area is 95.4 Å². The predicted molar refractivity (Wildman–Crippen MR) is 63.8 cm³/mol. The van der Waals surface area contributed by atoms with E-state index in [1.165, 1.54) is 0 Å². The third kappa shape index (κ3) is 2.16. The summed E-state index contributed by atoms with van der Waals surface area (Å²) < 4.78 is 10.5. The van der Waals surface area contributed by atoms with E-state index in [2.05, 4.69) is 6.07 Å². The Kier molecular flexibility index (Phi) is 3.10. The second-order valence-electron chi connectivity index (χ2n) is 3.39. The van der Waals surface area contributed by atoms with Crippen LogP contribution in [-0.4, -0.2) is 14.2 Å². The third-order valence-electron chi connectivity index (χ3n) is 2.39. The van der Waals surface area contributed by atoms with Crippen LogP contribution in [0.3, 0.4) is 0 Å². The van der Waals surface area contributed by atoms with Gasteiger partial charge in [-0.1, -0.05) is 18.2 Å². The zero-order chi connectivity index (χ0) is 11.4. The fourth-order valence-corrected chi connectivity index (χ4v) is 1.55. The molecule has 0 atom stereocenters. The van der Waals surface area contributed by atoms with Gasteiger partial charge in [-0.05, 0) is 35.4 Å². The van der Waals surface area contributed by atoms with Gasteiger partial charge >= 0.3 is 0 Å². The Hall–Kier alpha value is -1.96. The molecule has 0 heterocycles. The predicted octanol–water partition coefficient (Wildman–Crippen LogP) is 3.17. The first-order valence-electron chi connectivity index (χ1n) is 5.03. The number of ether oxygens (including phenoxy) is 2. The summed E-state index contributed by atoms with van der Waals surface area (Å²) >= 11 is 0. The average molecular weight is 213 g/mol. The van der Waals surface area contributed by atoms with Crippen molar-refractivity contribution in [3.8, 4) is 22.6 Å². The van der Waals surface area contributed by atoms with E-state index in [-0.39, 0.29) is 0 Å². The van der Waals surface area contributed by atoms with Crippen LogP contribution in [-0.2, 0) is 0 Å². The van der Waals surface area contributed by atoms with Gasteiger partial charge in [-0.3, -0.25) is 0 Å². The monoisotopic (exact) mass is 213 g/mol. The molecule has 0 bridgehead atoms. The highest BCUT2D eigenvalue weighted by Gasteiger charge is 2.03. The fraction of sp³-hybridized carbons (Fsp3) is 0.143. The Morgan fingerprint density at radius 2 is 1.62 bits per heavy atom. The lowest BCUT2D eigenvalue weighted by Gasteiger charge is -2.08. The molecule has 0 unspecified atom stereocenters. The van der Waals surface area contributed by atoms with Crippen molar-refractivity contribution in [2.75, 3.05) is 14.2 Å². The van der Waals surface area contributed by atoms with Crippen LogP contribution in [0.5, 0.6) is 11.5 Å². The van der Waals surface area contributed by atoms with E-state index < -0.39 is 0 Å². The molecule has 0 amide bonds. The average Bonchev–Trinajstić information content (AvgIpc) is 2.39. The first kappa shape index (κ1) is 10.6. The van der Waals surface area contributed by atoms with Crippen LogP contribution < -0.4 is 9.47 Å². The molecule has 0 N–H and O–H groups in total. The third-order valence-corrected chi connectivity index (χ3v) is 2.39. The topological polar surface area (TPSA) is 18.5 Å². The largest absolute Gasteiger partial charge is 0.497 e. The molecule has 0 saturated carbocycles. The van der Waals surface area contributed by atoms with Crippen LogP contribution in [0.15, 0.2) is 42.5 Å². The lowest BCUT2D eigenvalue weighted by atomic mass is 10.1. The summed E-state index contributed by atoms with van der Waals surface area (Å²) in [6.45, 7) is 0. The van der Waals surface area contributed by atoms with E-state index in [0.717, 1.165) is 22.6 Å². The number of hydrogen-bond donors (Lipinski definition) is 0. The highest BCUT2D eigenvalue weighted by molar-refractivity contribution is 5.67. The van der Waals surface area contributed by atoms with Crippen LogP contribution >= 0.6 is 0 Å². The van der Waals surface area contributed by atoms with Crippen LogP contribution in [0.2, 0.25) is 0 Å². The van der Waals surface area contributed by atoms with E-state index >= 15 is 0 Å². The second-order valence-corrected chi connectivity index (χ2v) is 3.39. The highest BCUT2D eigenvalue weighted by atomic mass is 16.5. The van der Waals surface area contributed by atoms with Gasteiger partial charge in [0.15, 0.2) is 0 Å². The maximum absolute atomic E-state index is 5.23. The molecule has 2 rings (SSSR count). The van der Waals surface area contributed by atoms with Crippen LogP contribution in [0.1, 0.15) is 0 Å². The molecular formula is C14H13O2. The molecule has 2 aromatic rings. The number of methoxy groups -OCH3 is 2. The van der Waals surface area contributed by atoms with Gasteiger partial charge in [-0.15, -0.1) is 0 Å². The standard InChI is InChI=1S/C14H13O2/c1-15-13-8-12(9-14(10-13)16-2)11-6-4-3-5-7-11/h3-4,6-10H,1-2H3. The lowest BCUT2D eigenvalue weighted by Crippen LogP contribution is -1.88. The second kappa shape index (κ2) is 4.71. The van der Waals surface area contributed by atoms with E-state index in [4.69, 9.17) is 9.47 Å². The normalized spacial score (nSPS) is 9.88. The summed E-state index contributed by atoms with van der Waals surface area (Å²) in [6, 6.07) is 16.7. The van der Waals surface area contributed by atoms with Crippen LogP contribution in [0.4, 0.5) is 0 Å². The summed E-state index contributed by atoms with van der Waals surface area (Å²) in [7, 11) is 3.30. The quantitative estimate of drug-likeness (QED) is 0.779. The molecule has 2 heteroatoms. The van der Waals surface area contributed by atoms with Crippen molar-refractivity contribution in [3.05, 3.63) is 48.5 Å². The Bertz CT molecular complexity index is 441. The van der Waals surface area contributed by atoms with Gasteiger partial charge in [0.05, 0.1) is 14.2 Å². The molecule has 0 fully saturated rings. The molecule has 2 aromatic carbocycles. The molecule has 1 radical (unpaired) electrons. The van der Waals surface area contributed by atoms with Crippen molar-refractivity contribution in [1.29, 1.82) is 0 Å². The van der Waals surface area contributed by atoms with E-state index in [9.17, 15) is 0 Å². The first-order chi connectivity index (χ1) is 7.83. The molecule has 0 saturated heterocycles. The van der Waals surface area contributed by atoms with Gasteiger partial charge in [0, 0.05) is 6.07 Å². The van der Waals surface area contributed by atoms with Crippen molar-refractivity contribution in [3.63, 3.8) is 0 Å². The van der Waals surface area contributed by atoms with E-state index in [1.54, 1.807) is 14.2 Å². The minimum absolute atomic E-state index is 0.790. The molecule has 0 aliphatic carbocycles. The Morgan fingerprint density at radius 1 is 0.938 bits per heavy atom. The van der Waals surface area contributed by atoms with E-state index in [1.807, 2.05) is 42.5 Å². The van der Waals surface area contributed by atoms with Gasteiger partial charge in [-0.2, -0.15) is 0 Å². The van der Waals surface area contributed by atoms with Crippen molar-refractivity contribution in [2.45, 2.75) is 0 Å². The molecule has 0 spiro atoms. The van der Waals surface area contributed by atoms with Crippen LogP contribution in [0, 0.1) is 6.07 Å². The molecule has 2 nitrogen and oxygen atoms in total. The molecule has 0 aliphatic heterocycles. The maximum atomic E-state index is 5.23. The van der Waals surface area contributed by atoms with Crippen molar-refractivity contribution in [2.24, 2.45) is 0 Å². The fourth-order valence-electron chi connectivity index (χ4n) is 1.55. The number of hydrogen-bond acceptors (Lipinski definition) is 2. The van der Waals surface area contributed by atoms with Gasteiger partial charge in [-0.25, -0.2) is 0 Å². The van der Waals surface area contributed by atoms with Gasteiger partial charge < -0.3 is 9.47 Å². The summed E-state index contributed by atoms with van der Waals surface area (Å²) in [5.41, 5.74) is 2.16. The van der Waals surface area contributed by atoms with Gasteiger partial charge in [0.1, 0.15) is 11.5 Å². The Balaban J connectivity index is 2.48. The maximum Gasteiger partial charge on any atom is 0.123 e. The van der Waals surface area contributed by atoms with Crippen molar-refractivity contribution in [1.82, 2.24) is 0 Å². The Morgan fingerprint density at radius 3 is 2.12 bits per heavy atom. The van der Waals surface area contributed by atoms with Gasteiger partial charge in [0.2, 0.25) is 0 Å². The molecule has 0 aromatic heterocycles. The van der Waals surface area contributed by atoms with Gasteiger partial charge in [0.25, 0.3) is 0 Å². The highest BCUT2D eigenvalue weighted by Crippen LogP contribution is 2.29. The zero-order valence-electron chi connectivity index (χ0n) is 9.36. The summed E-state index contributed by atoms with van der Waals surface area (Å²) in [5.74, 6) is 1.58. The van der Waals surface area contributed by atoms with Crippen molar-refractivity contribution >= 4 is 0 Å². The van der Waals surface area contributed by atoms with Crippen molar-refractivity contribution < 1.29 is 9.47 Å². The molecule has 16 heavy (non-hydrogen) atoms. The molecule has 0 aliphatic rings.